The van der Waals surface area contributed by atoms with Crippen molar-refractivity contribution in [3.05, 3.63) is 29.8 Å². The molecule has 0 radical (unpaired) electrons. The van der Waals surface area contributed by atoms with E-state index in [0.29, 0.717) is 12.5 Å². The molecule has 1 fully saturated rings. The van der Waals surface area contributed by atoms with Crippen molar-refractivity contribution in [3.8, 4) is 5.75 Å². The van der Waals surface area contributed by atoms with Crippen LogP contribution in [0.25, 0.3) is 0 Å². The number of ether oxygens (including phenoxy) is 1. The lowest BCUT2D eigenvalue weighted by Crippen LogP contribution is -2.39. The first-order valence-corrected chi connectivity index (χ1v) is 7.87. The van der Waals surface area contributed by atoms with E-state index in [9.17, 15) is 4.79 Å². The molecule has 1 heterocycles. The quantitative estimate of drug-likeness (QED) is 0.791. The van der Waals surface area contributed by atoms with Gasteiger partial charge in [0.2, 0.25) is 5.91 Å². The van der Waals surface area contributed by atoms with Gasteiger partial charge in [0, 0.05) is 18.0 Å². The molecule has 1 amide bonds. The maximum Gasteiger partial charge on any atom is 0.220 e. The van der Waals surface area contributed by atoms with E-state index in [0.717, 1.165) is 31.6 Å². The van der Waals surface area contributed by atoms with Crippen LogP contribution >= 0.6 is 0 Å². The Bertz CT molecular complexity index is 523. The van der Waals surface area contributed by atoms with E-state index in [1.54, 1.807) is 0 Å². The molecule has 1 aliphatic carbocycles. The largest absolute Gasteiger partial charge is 0.486 e. The second-order valence-corrected chi connectivity index (χ2v) is 6.58. The van der Waals surface area contributed by atoms with Gasteiger partial charge in [-0.3, -0.25) is 4.79 Å². The van der Waals surface area contributed by atoms with Crippen LogP contribution in [0.2, 0.25) is 0 Å². The highest BCUT2D eigenvalue weighted by Crippen LogP contribution is 2.42. The first-order chi connectivity index (χ1) is 10.1. The fourth-order valence-electron chi connectivity index (χ4n) is 2.91. The van der Waals surface area contributed by atoms with Gasteiger partial charge in [-0.2, -0.15) is 0 Å². The summed E-state index contributed by atoms with van der Waals surface area (Å²) in [6.45, 7) is 5.03. The van der Waals surface area contributed by atoms with Crippen LogP contribution in [-0.4, -0.2) is 24.1 Å². The highest BCUT2D eigenvalue weighted by atomic mass is 16.5. The minimum Gasteiger partial charge on any atom is -0.486 e. The van der Waals surface area contributed by atoms with Crippen molar-refractivity contribution in [2.75, 3.05) is 6.54 Å². The molecule has 4 nitrogen and oxygen atoms in total. The number of nitrogens with one attached hydrogen (secondary N) is 2. The number of para-hydroxylation sites is 1. The third kappa shape index (κ3) is 3.38. The molecule has 0 saturated heterocycles. The van der Waals surface area contributed by atoms with E-state index in [-0.39, 0.29) is 17.6 Å². The van der Waals surface area contributed by atoms with Gasteiger partial charge in [-0.15, -0.1) is 0 Å². The molecule has 0 spiro atoms. The van der Waals surface area contributed by atoms with Gasteiger partial charge in [0.25, 0.3) is 0 Å². The van der Waals surface area contributed by atoms with E-state index in [1.807, 2.05) is 18.2 Å². The molecular weight excluding hydrogens is 264 g/mol. The molecule has 2 aliphatic rings. The Hall–Kier alpha value is -1.55. The standard InChI is InChI=1S/C17H24N2O2/c1-17(2)16(13-6-3-4-7-14(13)21-17)18-11-5-8-15(20)19-12-9-10-12/h3-4,6-7,12,16,18H,5,8-11H2,1-2H3,(H,19,20). The zero-order valence-corrected chi connectivity index (χ0v) is 12.8. The summed E-state index contributed by atoms with van der Waals surface area (Å²) in [6.07, 6.45) is 3.75. The van der Waals surface area contributed by atoms with E-state index in [1.165, 1.54) is 5.56 Å². The number of hydrogen-bond acceptors (Lipinski definition) is 3. The number of amides is 1. The number of carbonyl (C=O) groups excluding carboxylic acids is 1. The molecule has 4 heteroatoms. The van der Waals surface area contributed by atoms with Crippen molar-refractivity contribution in [1.82, 2.24) is 10.6 Å². The summed E-state index contributed by atoms with van der Waals surface area (Å²) in [5.74, 6) is 1.15. The minimum absolute atomic E-state index is 0.181. The van der Waals surface area contributed by atoms with Gasteiger partial charge in [0.15, 0.2) is 0 Å². The smallest absolute Gasteiger partial charge is 0.220 e. The maximum atomic E-state index is 11.7. The van der Waals surface area contributed by atoms with E-state index >= 15 is 0 Å². The van der Waals surface area contributed by atoms with Crippen LogP contribution in [0.3, 0.4) is 0 Å². The van der Waals surface area contributed by atoms with Crippen LogP contribution in [0, 0.1) is 0 Å². The maximum absolute atomic E-state index is 11.7. The summed E-state index contributed by atoms with van der Waals surface area (Å²) in [5.41, 5.74) is 0.963. The Morgan fingerprint density at radius 2 is 2.10 bits per heavy atom. The Balaban J connectivity index is 1.49. The summed E-state index contributed by atoms with van der Waals surface area (Å²) < 4.78 is 6.00. The topological polar surface area (TPSA) is 50.4 Å². The third-order valence-corrected chi connectivity index (χ3v) is 4.17. The number of fused-ring (bicyclic) bond motifs is 1. The van der Waals surface area contributed by atoms with E-state index in [2.05, 4.69) is 30.5 Å². The predicted molar refractivity (Wildman–Crippen MR) is 82.3 cm³/mol. The normalized spacial score (nSPS) is 22.5. The molecule has 1 atom stereocenters. The van der Waals surface area contributed by atoms with Crippen molar-refractivity contribution in [2.24, 2.45) is 0 Å². The molecule has 0 aromatic heterocycles. The van der Waals surface area contributed by atoms with Crippen molar-refractivity contribution in [1.29, 1.82) is 0 Å². The molecule has 1 aromatic carbocycles. The monoisotopic (exact) mass is 288 g/mol. The second kappa shape index (κ2) is 5.68. The van der Waals surface area contributed by atoms with E-state index in [4.69, 9.17) is 4.74 Å². The second-order valence-electron chi connectivity index (χ2n) is 6.58. The highest BCUT2D eigenvalue weighted by molar-refractivity contribution is 5.76. The van der Waals surface area contributed by atoms with Gasteiger partial charge < -0.3 is 15.4 Å². The van der Waals surface area contributed by atoms with Crippen LogP contribution in [-0.2, 0) is 4.79 Å². The van der Waals surface area contributed by atoms with Gasteiger partial charge in [0.05, 0.1) is 6.04 Å². The summed E-state index contributed by atoms with van der Waals surface area (Å²) in [7, 11) is 0. The molecule has 2 N–H and O–H groups in total. The van der Waals surface area contributed by atoms with Crippen LogP contribution in [0.5, 0.6) is 5.75 Å². The van der Waals surface area contributed by atoms with Crippen molar-refractivity contribution in [2.45, 2.75) is 57.2 Å². The van der Waals surface area contributed by atoms with Crippen LogP contribution < -0.4 is 15.4 Å². The third-order valence-electron chi connectivity index (χ3n) is 4.17. The number of carbonyl (C=O) groups is 1. The van der Waals surface area contributed by atoms with Crippen LogP contribution in [0.1, 0.15) is 51.1 Å². The fourth-order valence-corrected chi connectivity index (χ4v) is 2.91. The average molecular weight is 288 g/mol. The van der Waals surface area contributed by atoms with Gasteiger partial charge in [-0.25, -0.2) is 0 Å². The Labute approximate surface area is 126 Å². The molecule has 3 rings (SSSR count). The first-order valence-electron chi connectivity index (χ1n) is 7.87. The first kappa shape index (κ1) is 14.4. The SMILES string of the molecule is CC1(C)Oc2ccccc2C1NCCCC(=O)NC1CC1. The number of hydrogen-bond donors (Lipinski definition) is 2. The van der Waals surface area contributed by atoms with Gasteiger partial charge in [-0.1, -0.05) is 18.2 Å². The molecule has 0 bridgehead atoms. The zero-order valence-electron chi connectivity index (χ0n) is 12.8. The Morgan fingerprint density at radius 3 is 2.86 bits per heavy atom. The molecule has 1 unspecified atom stereocenters. The lowest BCUT2D eigenvalue weighted by Gasteiger charge is -2.27. The number of rotatable bonds is 6. The van der Waals surface area contributed by atoms with Crippen LogP contribution in [0.4, 0.5) is 0 Å². The van der Waals surface area contributed by atoms with Crippen molar-refractivity contribution >= 4 is 5.91 Å². The fraction of sp³-hybridized carbons (Fsp3) is 0.588. The Morgan fingerprint density at radius 1 is 1.33 bits per heavy atom. The van der Waals surface area contributed by atoms with Gasteiger partial charge in [-0.05, 0) is 45.7 Å². The average Bonchev–Trinajstić information content (AvgIpc) is 3.18. The van der Waals surface area contributed by atoms with Crippen LogP contribution in [0.15, 0.2) is 24.3 Å². The van der Waals surface area contributed by atoms with Gasteiger partial charge >= 0.3 is 0 Å². The number of benzene rings is 1. The van der Waals surface area contributed by atoms with E-state index < -0.39 is 0 Å². The molecule has 114 valence electrons. The summed E-state index contributed by atoms with van der Waals surface area (Å²) >= 11 is 0. The zero-order chi connectivity index (χ0) is 14.9. The lowest BCUT2D eigenvalue weighted by atomic mass is 9.94. The molecular formula is C17H24N2O2. The lowest BCUT2D eigenvalue weighted by molar-refractivity contribution is -0.121. The summed E-state index contributed by atoms with van der Waals surface area (Å²) in [4.78, 5) is 11.7. The summed E-state index contributed by atoms with van der Waals surface area (Å²) in [6, 6.07) is 8.81. The summed E-state index contributed by atoms with van der Waals surface area (Å²) in [5, 5.41) is 6.57. The van der Waals surface area contributed by atoms with Crippen molar-refractivity contribution in [3.63, 3.8) is 0 Å². The van der Waals surface area contributed by atoms with Gasteiger partial charge in [0.1, 0.15) is 11.4 Å². The molecule has 1 aliphatic heterocycles. The molecule has 1 saturated carbocycles. The predicted octanol–water partition coefficient (Wildman–Crippen LogP) is 2.55. The Kier molecular flexibility index (Phi) is 3.89. The van der Waals surface area contributed by atoms with Crippen molar-refractivity contribution < 1.29 is 9.53 Å². The molecule has 1 aromatic rings. The molecule has 21 heavy (non-hydrogen) atoms. The minimum atomic E-state index is -0.250. The highest BCUT2D eigenvalue weighted by Gasteiger charge is 2.40.